The molecule has 0 spiro atoms. The van der Waals surface area contributed by atoms with Gasteiger partial charge in [0.15, 0.2) is 0 Å². The van der Waals surface area contributed by atoms with Crippen molar-refractivity contribution in [2.45, 2.75) is 18.4 Å². The maximum Gasteiger partial charge on any atom is 0.293 e. The summed E-state index contributed by atoms with van der Waals surface area (Å²) in [7, 11) is 3.24. The summed E-state index contributed by atoms with van der Waals surface area (Å²) in [6, 6.07) is 9.39. The van der Waals surface area contributed by atoms with E-state index in [4.69, 9.17) is 21.1 Å². The summed E-state index contributed by atoms with van der Waals surface area (Å²) in [5.74, 6) is -2.31. The molecular formula is C23H21ClFN3O5. The first-order valence-corrected chi connectivity index (χ1v) is 10.5. The molecule has 4 rings (SSSR count). The number of amides is 2. The average Bonchev–Trinajstić information content (AvgIpc) is 3.13. The number of halogens is 2. The second kappa shape index (κ2) is 8.57. The van der Waals surface area contributed by atoms with E-state index in [1.807, 2.05) is 0 Å². The lowest BCUT2D eigenvalue weighted by atomic mass is 9.85. The maximum atomic E-state index is 15.1. The van der Waals surface area contributed by atoms with Crippen LogP contribution in [-0.2, 0) is 22.1 Å². The summed E-state index contributed by atoms with van der Waals surface area (Å²) < 4.78 is 27.3. The van der Waals surface area contributed by atoms with Crippen LogP contribution < -0.4 is 10.1 Å². The Balaban J connectivity index is 1.66. The summed E-state index contributed by atoms with van der Waals surface area (Å²) in [6.07, 6.45) is 0. The van der Waals surface area contributed by atoms with Gasteiger partial charge in [-0.15, -0.1) is 4.91 Å². The van der Waals surface area contributed by atoms with Crippen LogP contribution in [0.15, 0.2) is 41.6 Å². The Morgan fingerprint density at radius 2 is 2.00 bits per heavy atom. The van der Waals surface area contributed by atoms with Crippen LogP contribution in [0.25, 0.3) is 10.9 Å². The Morgan fingerprint density at radius 1 is 1.27 bits per heavy atom. The van der Waals surface area contributed by atoms with Crippen LogP contribution in [-0.4, -0.2) is 36.7 Å². The minimum Gasteiger partial charge on any atom is -0.495 e. The van der Waals surface area contributed by atoms with Crippen LogP contribution in [0.4, 0.5) is 4.39 Å². The number of methoxy groups -OCH3 is 1. The number of hydrogen-bond acceptors (Lipinski definition) is 5. The molecule has 10 heteroatoms. The molecule has 1 fully saturated rings. The van der Waals surface area contributed by atoms with Gasteiger partial charge in [-0.2, -0.15) is 0 Å². The molecule has 0 aliphatic carbocycles. The van der Waals surface area contributed by atoms with E-state index >= 15 is 4.39 Å². The van der Waals surface area contributed by atoms with E-state index in [0.717, 1.165) is 5.52 Å². The van der Waals surface area contributed by atoms with Crippen molar-refractivity contribution in [1.29, 1.82) is 0 Å². The Labute approximate surface area is 193 Å². The molecule has 1 unspecified atom stereocenters. The molecule has 2 aromatic carbocycles. The van der Waals surface area contributed by atoms with Crippen molar-refractivity contribution in [3.8, 4) is 5.75 Å². The minimum absolute atomic E-state index is 0.0813. The standard InChI is InChI=1S/C23H21ClFN3O5/c1-12(21(29)27-31)13-4-5-15(16(25)8-13)23(10-33-11-23)26-22(30)18-9-14-17(28(18)2)6-7-19(32-3)20(14)24/h4-9,12H,10-11H2,1-3H3,(H,26,30). The second-order valence-electron chi connectivity index (χ2n) is 8.02. The van der Waals surface area contributed by atoms with Gasteiger partial charge < -0.3 is 19.4 Å². The molecule has 33 heavy (non-hydrogen) atoms. The molecule has 3 aromatic rings. The Kier molecular flexibility index (Phi) is 5.94. The monoisotopic (exact) mass is 473 g/mol. The summed E-state index contributed by atoms with van der Waals surface area (Å²) in [4.78, 5) is 35.3. The highest BCUT2D eigenvalue weighted by Crippen LogP contribution is 2.36. The topological polar surface area (TPSA) is 99.0 Å². The zero-order chi connectivity index (χ0) is 23.9. The van der Waals surface area contributed by atoms with Gasteiger partial charge in [0.1, 0.15) is 22.8 Å². The van der Waals surface area contributed by atoms with Crippen molar-refractivity contribution in [3.05, 3.63) is 69.0 Å². The van der Waals surface area contributed by atoms with Crippen molar-refractivity contribution in [2.75, 3.05) is 20.3 Å². The lowest BCUT2D eigenvalue weighted by Crippen LogP contribution is -2.60. The van der Waals surface area contributed by atoms with Gasteiger partial charge in [-0.05, 0) is 36.8 Å². The van der Waals surface area contributed by atoms with Gasteiger partial charge in [0, 0.05) is 23.2 Å². The summed E-state index contributed by atoms with van der Waals surface area (Å²) in [6.45, 7) is 1.64. The maximum absolute atomic E-state index is 15.1. The largest absolute Gasteiger partial charge is 0.495 e. The lowest BCUT2D eigenvalue weighted by Gasteiger charge is -2.42. The Morgan fingerprint density at radius 3 is 2.58 bits per heavy atom. The van der Waals surface area contributed by atoms with E-state index in [1.54, 1.807) is 35.9 Å². The van der Waals surface area contributed by atoms with Crippen molar-refractivity contribution in [1.82, 2.24) is 9.88 Å². The molecule has 2 heterocycles. The van der Waals surface area contributed by atoms with Gasteiger partial charge >= 0.3 is 0 Å². The predicted octanol–water partition coefficient (Wildman–Crippen LogP) is 4.03. The number of benzene rings is 2. The number of aryl methyl sites for hydroxylation is 1. The van der Waals surface area contributed by atoms with Crippen LogP contribution >= 0.6 is 11.6 Å². The molecular weight excluding hydrogens is 453 g/mol. The third-order valence-corrected chi connectivity index (χ3v) is 6.49. The average molecular weight is 474 g/mol. The lowest BCUT2D eigenvalue weighted by molar-refractivity contribution is -0.119. The fraction of sp³-hybridized carbons (Fsp3) is 0.304. The molecule has 0 saturated carbocycles. The molecule has 1 aliphatic rings. The van der Waals surface area contributed by atoms with E-state index in [0.29, 0.717) is 27.4 Å². The highest BCUT2D eigenvalue weighted by atomic mass is 35.5. The smallest absolute Gasteiger partial charge is 0.293 e. The number of aromatic nitrogens is 1. The SMILES string of the molecule is COc1ccc2c(cc(C(=O)NC3(c4ccc(C(C)C(=O)N=O)cc4F)COC3)n2C)c1Cl. The van der Waals surface area contributed by atoms with Crippen LogP contribution in [0.1, 0.15) is 34.5 Å². The van der Waals surface area contributed by atoms with E-state index in [-0.39, 0.29) is 18.8 Å². The number of carbonyl (C=O) groups excluding carboxylic acids is 2. The van der Waals surface area contributed by atoms with Gasteiger partial charge in [0.05, 0.1) is 36.8 Å². The van der Waals surface area contributed by atoms with Crippen LogP contribution in [0, 0.1) is 10.7 Å². The fourth-order valence-corrected chi connectivity index (χ4v) is 4.32. The van der Waals surface area contributed by atoms with E-state index in [9.17, 15) is 14.5 Å². The van der Waals surface area contributed by atoms with Gasteiger partial charge in [-0.25, -0.2) is 4.39 Å². The predicted molar refractivity (Wildman–Crippen MR) is 120 cm³/mol. The van der Waals surface area contributed by atoms with Gasteiger partial charge in [-0.1, -0.05) is 23.7 Å². The molecule has 1 aromatic heterocycles. The zero-order valence-corrected chi connectivity index (χ0v) is 18.9. The third kappa shape index (κ3) is 3.77. The molecule has 8 nitrogen and oxygen atoms in total. The Bertz CT molecular complexity index is 1280. The first-order chi connectivity index (χ1) is 15.7. The summed E-state index contributed by atoms with van der Waals surface area (Å²) in [5.41, 5.74) is 0.541. The first kappa shape index (κ1) is 22.9. The number of nitroso groups, excluding NO2 is 1. The normalized spacial score (nSPS) is 15.5. The van der Waals surface area contributed by atoms with E-state index in [2.05, 4.69) is 10.5 Å². The second-order valence-corrected chi connectivity index (χ2v) is 8.40. The number of fused-ring (bicyclic) bond motifs is 1. The molecule has 0 radical (unpaired) electrons. The number of ether oxygens (including phenoxy) is 2. The summed E-state index contributed by atoms with van der Waals surface area (Å²) in [5, 5.41) is 6.35. The van der Waals surface area contributed by atoms with Crippen molar-refractivity contribution in [2.24, 2.45) is 12.2 Å². The van der Waals surface area contributed by atoms with Crippen molar-refractivity contribution < 1.29 is 23.5 Å². The Hall–Kier alpha value is -3.30. The quantitative estimate of drug-likeness (QED) is 0.545. The van der Waals surface area contributed by atoms with Crippen molar-refractivity contribution in [3.63, 3.8) is 0 Å². The number of nitrogens with one attached hydrogen (secondary N) is 1. The van der Waals surface area contributed by atoms with Gasteiger partial charge in [0.25, 0.3) is 11.8 Å². The highest BCUT2D eigenvalue weighted by Gasteiger charge is 2.44. The molecule has 172 valence electrons. The van der Waals surface area contributed by atoms with Gasteiger partial charge in [0.2, 0.25) is 0 Å². The number of nitrogens with zero attached hydrogens (tertiary/aromatic N) is 2. The first-order valence-electron chi connectivity index (χ1n) is 10.1. The molecule has 1 atom stereocenters. The van der Waals surface area contributed by atoms with E-state index < -0.39 is 29.1 Å². The molecule has 0 bridgehead atoms. The van der Waals surface area contributed by atoms with E-state index in [1.165, 1.54) is 26.2 Å². The van der Waals surface area contributed by atoms with Crippen molar-refractivity contribution >= 4 is 34.3 Å². The molecule has 2 amide bonds. The molecule has 1 N–H and O–H groups in total. The number of carbonyl (C=O) groups is 2. The van der Waals surface area contributed by atoms with Crippen LogP contribution in [0.5, 0.6) is 5.75 Å². The van der Waals surface area contributed by atoms with Crippen LogP contribution in [0.2, 0.25) is 5.02 Å². The molecule has 1 saturated heterocycles. The summed E-state index contributed by atoms with van der Waals surface area (Å²) >= 11 is 6.40. The minimum atomic E-state index is -1.08. The highest BCUT2D eigenvalue weighted by molar-refractivity contribution is 6.37. The van der Waals surface area contributed by atoms with Crippen LogP contribution in [0.3, 0.4) is 0 Å². The zero-order valence-electron chi connectivity index (χ0n) is 18.1. The number of rotatable bonds is 6. The fourth-order valence-electron chi connectivity index (χ4n) is 4.02. The molecule has 1 aliphatic heterocycles. The van der Waals surface area contributed by atoms with Gasteiger partial charge in [-0.3, -0.25) is 9.59 Å². The third-order valence-electron chi connectivity index (χ3n) is 6.10. The number of hydrogen-bond donors (Lipinski definition) is 1.